The third-order valence-electron chi connectivity index (χ3n) is 1.80. The molecule has 0 radical (unpaired) electrons. The Morgan fingerprint density at radius 3 is 2.57 bits per heavy atom. The van der Waals surface area contributed by atoms with E-state index in [1.165, 1.54) is 0 Å². The number of carbonyl (C=O) groups is 1. The molecular weight excluding hydrogens is 202 g/mol. The van der Waals surface area contributed by atoms with Crippen molar-refractivity contribution in [2.24, 2.45) is 0 Å². The first kappa shape index (κ1) is 13.5. The Bertz CT molecular complexity index is 214. The molecule has 0 saturated carbocycles. The molecule has 0 heterocycles. The van der Waals surface area contributed by atoms with E-state index in [-0.39, 0.29) is 0 Å². The van der Waals surface area contributed by atoms with Crippen molar-refractivity contribution in [2.75, 3.05) is 0 Å². The van der Waals surface area contributed by atoms with Gasteiger partial charge in [0.25, 0.3) is 0 Å². The molecule has 1 atom stereocenters. The summed E-state index contributed by atoms with van der Waals surface area (Å²) < 4.78 is 0. The van der Waals surface area contributed by atoms with Gasteiger partial charge in [-0.15, -0.1) is 0 Å². The molecule has 0 bridgehead atoms. The number of halogens is 1. The highest BCUT2D eigenvalue weighted by Gasteiger charge is 2.24. The molecule has 1 unspecified atom stereocenters. The quantitative estimate of drug-likeness (QED) is 0.236. The molecule has 0 spiro atoms. The maximum atomic E-state index is 11.1. The number of carbonyl (C=O) groups excluding carboxylic acids is 1. The molecule has 0 aliphatic rings. The summed E-state index contributed by atoms with van der Waals surface area (Å²) in [6.45, 7) is 7.07. The molecule has 0 aromatic carbocycles. The van der Waals surface area contributed by atoms with Crippen LogP contribution in [0.15, 0.2) is 12.2 Å². The second-order valence-corrected chi connectivity index (χ2v) is 4.08. The second-order valence-electron chi connectivity index (χ2n) is 3.45. The normalized spacial score (nSPS) is 14.6. The van der Waals surface area contributed by atoms with Crippen LogP contribution in [0.25, 0.3) is 0 Å². The Balaban J connectivity index is 3.93. The number of unbranched alkanes of at least 4 members (excludes halogenated alkanes) is 2. The lowest BCUT2D eigenvalue weighted by atomic mass is 10.2. The number of amides is 1. The molecule has 0 fully saturated rings. The summed E-state index contributed by atoms with van der Waals surface area (Å²) in [6.07, 6.45) is 3.16. The molecular formula is C10H18ClNO2. The average Bonchev–Trinajstić information content (AvgIpc) is 2.03. The minimum absolute atomic E-state index is 0.333. The van der Waals surface area contributed by atoms with Crippen LogP contribution < -0.4 is 5.32 Å². The standard InChI is InChI=1S/C10H18ClNO2/c1-4-5-6-7-10(11,14)12-9(13)8(2)3/h14H,2,4-7H2,1,3H3,(H,12,13). The Kier molecular flexibility index (Phi) is 5.81. The van der Waals surface area contributed by atoms with Crippen molar-refractivity contribution in [1.29, 1.82) is 0 Å². The monoisotopic (exact) mass is 219 g/mol. The minimum Gasteiger partial charge on any atom is -0.358 e. The molecule has 14 heavy (non-hydrogen) atoms. The van der Waals surface area contributed by atoms with E-state index in [1.807, 2.05) is 0 Å². The van der Waals surface area contributed by atoms with Crippen molar-refractivity contribution in [2.45, 2.75) is 44.7 Å². The summed E-state index contributed by atoms with van der Waals surface area (Å²) in [5, 5.41) is 10.2. The molecule has 82 valence electrons. The van der Waals surface area contributed by atoms with E-state index in [9.17, 15) is 9.90 Å². The van der Waals surface area contributed by atoms with E-state index in [2.05, 4.69) is 18.8 Å². The number of alkyl halides is 1. The lowest BCUT2D eigenvalue weighted by Gasteiger charge is -2.21. The van der Waals surface area contributed by atoms with Crippen LogP contribution in [0, 0.1) is 0 Å². The van der Waals surface area contributed by atoms with E-state index >= 15 is 0 Å². The topological polar surface area (TPSA) is 49.3 Å². The van der Waals surface area contributed by atoms with Crippen molar-refractivity contribution in [3.63, 3.8) is 0 Å². The molecule has 0 aromatic rings. The van der Waals surface area contributed by atoms with Crippen LogP contribution in [0.1, 0.15) is 39.5 Å². The lowest BCUT2D eigenvalue weighted by Crippen LogP contribution is -2.43. The van der Waals surface area contributed by atoms with Gasteiger partial charge in [-0.25, -0.2) is 0 Å². The maximum Gasteiger partial charge on any atom is 0.249 e. The molecule has 0 aliphatic heterocycles. The van der Waals surface area contributed by atoms with E-state index in [0.717, 1.165) is 19.3 Å². The van der Waals surface area contributed by atoms with Crippen LogP contribution in [0.3, 0.4) is 0 Å². The zero-order valence-corrected chi connectivity index (χ0v) is 9.52. The highest BCUT2D eigenvalue weighted by atomic mass is 35.5. The highest BCUT2D eigenvalue weighted by Crippen LogP contribution is 2.17. The van der Waals surface area contributed by atoms with Crippen LogP contribution in [0.4, 0.5) is 0 Å². The fourth-order valence-electron chi connectivity index (χ4n) is 0.952. The Morgan fingerprint density at radius 2 is 2.14 bits per heavy atom. The van der Waals surface area contributed by atoms with Crippen LogP contribution in [-0.4, -0.2) is 16.2 Å². The number of rotatable bonds is 6. The van der Waals surface area contributed by atoms with Gasteiger partial charge in [0.05, 0.1) is 0 Å². The first-order valence-electron chi connectivity index (χ1n) is 4.78. The zero-order valence-electron chi connectivity index (χ0n) is 8.77. The van der Waals surface area contributed by atoms with Gasteiger partial charge in [-0.05, 0) is 13.3 Å². The van der Waals surface area contributed by atoms with E-state index in [0.29, 0.717) is 12.0 Å². The number of aliphatic hydroxyl groups is 1. The van der Waals surface area contributed by atoms with Crippen LogP contribution in [-0.2, 0) is 4.79 Å². The second kappa shape index (κ2) is 6.04. The molecule has 4 heteroatoms. The van der Waals surface area contributed by atoms with Gasteiger partial charge in [0.2, 0.25) is 11.1 Å². The minimum atomic E-state index is -1.63. The van der Waals surface area contributed by atoms with Crippen LogP contribution in [0.2, 0.25) is 0 Å². The van der Waals surface area contributed by atoms with E-state index in [1.54, 1.807) is 6.92 Å². The molecule has 2 N–H and O–H groups in total. The summed E-state index contributed by atoms with van der Waals surface area (Å²) in [7, 11) is 0. The number of hydrogen-bond donors (Lipinski definition) is 2. The summed E-state index contributed by atoms with van der Waals surface area (Å²) in [5.74, 6) is -0.418. The largest absolute Gasteiger partial charge is 0.358 e. The van der Waals surface area contributed by atoms with Gasteiger partial charge < -0.3 is 10.4 Å². The fraction of sp³-hybridized carbons (Fsp3) is 0.700. The Labute approximate surface area is 90.1 Å². The SMILES string of the molecule is C=C(C)C(=O)NC(O)(Cl)CCCCC. The molecule has 0 aliphatic carbocycles. The predicted octanol–water partition coefficient (Wildman–Crippen LogP) is 2.14. The van der Waals surface area contributed by atoms with Gasteiger partial charge in [-0.3, -0.25) is 4.79 Å². The van der Waals surface area contributed by atoms with Crippen molar-refractivity contribution in [3.8, 4) is 0 Å². The first-order valence-corrected chi connectivity index (χ1v) is 5.16. The summed E-state index contributed by atoms with van der Waals surface area (Å²) in [4.78, 5) is 11.1. The zero-order chi connectivity index (χ0) is 11.2. The van der Waals surface area contributed by atoms with Gasteiger partial charge in [0, 0.05) is 12.0 Å². The summed E-state index contributed by atoms with van der Waals surface area (Å²) >= 11 is 5.69. The summed E-state index contributed by atoms with van der Waals surface area (Å²) in [5.41, 5.74) is 0.333. The smallest absolute Gasteiger partial charge is 0.249 e. The number of hydrogen-bond acceptors (Lipinski definition) is 2. The van der Waals surface area contributed by atoms with E-state index in [4.69, 9.17) is 11.6 Å². The third kappa shape index (κ3) is 6.00. The van der Waals surface area contributed by atoms with Crippen molar-refractivity contribution in [3.05, 3.63) is 12.2 Å². The third-order valence-corrected chi connectivity index (χ3v) is 2.09. The predicted molar refractivity (Wildman–Crippen MR) is 57.9 cm³/mol. The highest BCUT2D eigenvalue weighted by molar-refractivity contribution is 6.23. The molecule has 1 amide bonds. The summed E-state index contributed by atoms with van der Waals surface area (Å²) in [6, 6.07) is 0. The lowest BCUT2D eigenvalue weighted by molar-refractivity contribution is -0.121. The first-order chi connectivity index (χ1) is 6.39. The van der Waals surface area contributed by atoms with Crippen LogP contribution >= 0.6 is 11.6 Å². The van der Waals surface area contributed by atoms with Gasteiger partial charge in [0.1, 0.15) is 0 Å². The van der Waals surface area contributed by atoms with Gasteiger partial charge in [-0.2, -0.15) is 0 Å². The Morgan fingerprint density at radius 1 is 1.57 bits per heavy atom. The Hall–Kier alpha value is -0.540. The average molecular weight is 220 g/mol. The molecule has 3 nitrogen and oxygen atoms in total. The van der Waals surface area contributed by atoms with Gasteiger partial charge in [0.15, 0.2) is 0 Å². The van der Waals surface area contributed by atoms with Gasteiger partial charge in [-0.1, -0.05) is 37.9 Å². The maximum absolute atomic E-state index is 11.1. The van der Waals surface area contributed by atoms with Crippen molar-refractivity contribution >= 4 is 17.5 Å². The fourth-order valence-corrected chi connectivity index (χ4v) is 1.17. The molecule has 0 rings (SSSR count). The van der Waals surface area contributed by atoms with Gasteiger partial charge >= 0.3 is 0 Å². The van der Waals surface area contributed by atoms with E-state index < -0.39 is 11.1 Å². The van der Waals surface area contributed by atoms with Crippen molar-refractivity contribution in [1.82, 2.24) is 5.32 Å². The molecule has 0 saturated heterocycles. The number of nitrogens with one attached hydrogen (secondary N) is 1. The van der Waals surface area contributed by atoms with Crippen molar-refractivity contribution < 1.29 is 9.90 Å². The molecule has 0 aromatic heterocycles. The van der Waals surface area contributed by atoms with Crippen LogP contribution in [0.5, 0.6) is 0 Å².